The van der Waals surface area contributed by atoms with Gasteiger partial charge in [0.25, 0.3) is 0 Å². The lowest BCUT2D eigenvalue weighted by atomic mass is 9.88. The quantitative estimate of drug-likeness (QED) is 0.850. The first-order chi connectivity index (χ1) is 8.81. The summed E-state index contributed by atoms with van der Waals surface area (Å²) in [5.41, 5.74) is 0.998. The van der Waals surface area contributed by atoms with Gasteiger partial charge in [0, 0.05) is 10.4 Å². The molecule has 0 bridgehead atoms. The fraction of sp³-hybridized carbons (Fsp3) is 0.600. The smallest absolute Gasteiger partial charge is 0.104 e. The van der Waals surface area contributed by atoms with Gasteiger partial charge in [-0.05, 0) is 30.2 Å². The Kier molecular flexibility index (Phi) is 5.25. The average molecular weight is 264 g/mol. The van der Waals surface area contributed by atoms with Gasteiger partial charge in [0.1, 0.15) is 6.61 Å². The maximum Gasteiger partial charge on any atom is 0.104 e. The highest BCUT2D eigenvalue weighted by atomic mass is 32.1. The SMILES string of the molecule is CC1CCCCC1OCc1sccc1C#CCO. The summed E-state index contributed by atoms with van der Waals surface area (Å²) < 4.78 is 6.04. The zero-order valence-corrected chi connectivity index (χ0v) is 11.6. The molecule has 1 heterocycles. The molecule has 1 fully saturated rings. The lowest BCUT2D eigenvalue weighted by molar-refractivity contribution is -0.0143. The normalized spacial score (nSPS) is 23.4. The van der Waals surface area contributed by atoms with Crippen molar-refractivity contribution in [3.05, 3.63) is 21.9 Å². The molecule has 0 spiro atoms. The van der Waals surface area contributed by atoms with Crippen LogP contribution in [-0.4, -0.2) is 17.8 Å². The summed E-state index contributed by atoms with van der Waals surface area (Å²) >= 11 is 1.68. The van der Waals surface area contributed by atoms with Gasteiger partial charge in [0.15, 0.2) is 0 Å². The highest BCUT2D eigenvalue weighted by molar-refractivity contribution is 7.10. The van der Waals surface area contributed by atoms with Gasteiger partial charge in [-0.3, -0.25) is 0 Å². The Morgan fingerprint density at radius 3 is 3.06 bits per heavy atom. The monoisotopic (exact) mass is 264 g/mol. The number of hydrogen-bond acceptors (Lipinski definition) is 3. The minimum absolute atomic E-state index is 0.0875. The minimum atomic E-state index is -0.0875. The van der Waals surface area contributed by atoms with Crippen molar-refractivity contribution in [1.29, 1.82) is 0 Å². The van der Waals surface area contributed by atoms with E-state index in [-0.39, 0.29) is 6.61 Å². The summed E-state index contributed by atoms with van der Waals surface area (Å²) in [6, 6.07) is 2.00. The molecule has 0 saturated heterocycles. The van der Waals surface area contributed by atoms with Gasteiger partial charge in [-0.2, -0.15) is 0 Å². The van der Waals surface area contributed by atoms with E-state index in [1.807, 2.05) is 11.4 Å². The third-order valence-corrected chi connectivity index (χ3v) is 4.40. The maximum atomic E-state index is 8.72. The van der Waals surface area contributed by atoms with Crippen molar-refractivity contribution in [2.45, 2.75) is 45.3 Å². The second kappa shape index (κ2) is 6.94. The number of rotatable bonds is 3. The Balaban J connectivity index is 1.91. The van der Waals surface area contributed by atoms with Crippen LogP contribution in [0.5, 0.6) is 0 Å². The predicted molar refractivity (Wildman–Crippen MR) is 74.5 cm³/mol. The summed E-state index contributed by atoms with van der Waals surface area (Å²) in [5, 5.41) is 10.8. The van der Waals surface area contributed by atoms with Crippen molar-refractivity contribution in [1.82, 2.24) is 0 Å². The zero-order chi connectivity index (χ0) is 12.8. The molecular formula is C15H20O2S. The van der Waals surface area contributed by atoms with Crippen LogP contribution in [0.15, 0.2) is 11.4 Å². The van der Waals surface area contributed by atoms with Gasteiger partial charge in [-0.1, -0.05) is 31.6 Å². The molecule has 18 heavy (non-hydrogen) atoms. The molecule has 1 aliphatic carbocycles. The molecule has 98 valence electrons. The van der Waals surface area contributed by atoms with E-state index in [2.05, 4.69) is 18.8 Å². The first-order valence-electron chi connectivity index (χ1n) is 6.59. The van der Waals surface area contributed by atoms with E-state index in [0.29, 0.717) is 18.6 Å². The van der Waals surface area contributed by atoms with Crippen LogP contribution >= 0.6 is 11.3 Å². The van der Waals surface area contributed by atoms with E-state index in [1.54, 1.807) is 11.3 Å². The molecule has 3 heteroatoms. The Morgan fingerprint density at radius 1 is 1.44 bits per heavy atom. The van der Waals surface area contributed by atoms with Crippen molar-refractivity contribution >= 4 is 11.3 Å². The number of aliphatic hydroxyl groups is 1. The third-order valence-electron chi connectivity index (χ3n) is 3.51. The van der Waals surface area contributed by atoms with Crippen LogP contribution in [0.2, 0.25) is 0 Å². The lowest BCUT2D eigenvalue weighted by Crippen LogP contribution is -2.25. The molecule has 2 nitrogen and oxygen atoms in total. The second-order valence-electron chi connectivity index (χ2n) is 4.83. The van der Waals surface area contributed by atoms with E-state index in [1.165, 1.54) is 30.6 Å². The Hall–Kier alpha value is -0.820. The molecule has 0 aromatic carbocycles. The van der Waals surface area contributed by atoms with Crippen LogP contribution in [0.25, 0.3) is 0 Å². The second-order valence-corrected chi connectivity index (χ2v) is 5.83. The first-order valence-corrected chi connectivity index (χ1v) is 7.47. The van der Waals surface area contributed by atoms with E-state index in [9.17, 15) is 0 Å². The molecule has 2 unspecified atom stereocenters. The summed E-state index contributed by atoms with van der Waals surface area (Å²) in [6.45, 7) is 2.85. The standard InChI is InChI=1S/C15H20O2S/c1-12-5-2-3-7-14(12)17-11-15-13(6-4-9-16)8-10-18-15/h8,10,12,14,16H,2-3,5,7,9,11H2,1H3. The van der Waals surface area contributed by atoms with Crippen LogP contribution in [0, 0.1) is 17.8 Å². The zero-order valence-electron chi connectivity index (χ0n) is 10.8. The third kappa shape index (κ3) is 3.58. The molecule has 1 aromatic rings. The molecule has 0 radical (unpaired) electrons. The van der Waals surface area contributed by atoms with Crippen LogP contribution in [0.1, 0.15) is 43.0 Å². The fourth-order valence-electron chi connectivity index (χ4n) is 2.41. The molecular weight excluding hydrogens is 244 g/mol. The van der Waals surface area contributed by atoms with Gasteiger partial charge in [-0.25, -0.2) is 0 Å². The number of hydrogen-bond donors (Lipinski definition) is 1. The van der Waals surface area contributed by atoms with Crippen molar-refractivity contribution in [2.24, 2.45) is 5.92 Å². The largest absolute Gasteiger partial charge is 0.384 e. The van der Waals surface area contributed by atoms with Gasteiger partial charge in [-0.15, -0.1) is 11.3 Å². The Labute approximate surface area is 113 Å². The molecule has 1 aromatic heterocycles. The van der Waals surface area contributed by atoms with Crippen LogP contribution in [0.3, 0.4) is 0 Å². The van der Waals surface area contributed by atoms with E-state index in [0.717, 1.165) is 5.56 Å². The van der Waals surface area contributed by atoms with Crippen molar-refractivity contribution in [3.63, 3.8) is 0 Å². The molecule has 1 N–H and O–H groups in total. The molecule has 0 amide bonds. The molecule has 2 atom stereocenters. The number of aliphatic hydroxyl groups excluding tert-OH is 1. The van der Waals surface area contributed by atoms with E-state index < -0.39 is 0 Å². The molecule has 1 aliphatic rings. The highest BCUT2D eigenvalue weighted by Crippen LogP contribution is 2.28. The van der Waals surface area contributed by atoms with Crippen molar-refractivity contribution < 1.29 is 9.84 Å². The van der Waals surface area contributed by atoms with Crippen molar-refractivity contribution in [3.8, 4) is 11.8 Å². The van der Waals surface area contributed by atoms with E-state index >= 15 is 0 Å². The van der Waals surface area contributed by atoms with Gasteiger partial charge in [0.2, 0.25) is 0 Å². The summed E-state index contributed by atoms with van der Waals surface area (Å²) in [4.78, 5) is 1.17. The highest BCUT2D eigenvalue weighted by Gasteiger charge is 2.22. The predicted octanol–water partition coefficient (Wildman–Crippen LogP) is 3.19. The molecule has 1 saturated carbocycles. The number of thiophene rings is 1. The molecule has 2 rings (SSSR count). The van der Waals surface area contributed by atoms with Gasteiger partial charge in [0.05, 0.1) is 12.7 Å². The summed E-state index contributed by atoms with van der Waals surface area (Å²) in [5.74, 6) is 6.34. The fourth-order valence-corrected chi connectivity index (χ4v) is 3.16. The maximum absolute atomic E-state index is 8.72. The minimum Gasteiger partial charge on any atom is -0.384 e. The van der Waals surface area contributed by atoms with Crippen LogP contribution in [-0.2, 0) is 11.3 Å². The van der Waals surface area contributed by atoms with E-state index in [4.69, 9.17) is 9.84 Å². The van der Waals surface area contributed by atoms with Crippen molar-refractivity contribution in [2.75, 3.05) is 6.61 Å². The van der Waals surface area contributed by atoms with Gasteiger partial charge < -0.3 is 9.84 Å². The topological polar surface area (TPSA) is 29.5 Å². The molecule has 0 aliphatic heterocycles. The lowest BCUT2D eigenvalue weighted by Gasteiger charge is -2.28. The average Bonchev–Trinajstić information content (AvgIpc) is 2.83. The first kappa shape index (κ1) is 13.6. The Morgan fingerprint density at radius 2 is 2.28 bits per heavy atom. The van der Waals surface area contributed by atoms with Crippen LogP contribution in [0.4, 0.5) is 0 Å². The Bertz CT molecular complexity index is 427. The van der Waals surface area contributed by atoms with Gasteiger partial charge >= 0.3 is 0 Å². The van der Waals surface area contributed by atoms with Crippen LogP contribution < -0.4 is 0 Å². The number of ether oxygens (including phenoxy) is 1. The summed E-state index contributed by atoms with van der Waals surface area (Å²) in [6.07, 6.45) is 5.50. The summed E-state index contributed by atoms with van der Waals surface area (Å²) in [7, 11) is 0.